The van der Waals surface area contributed by atoms with Gasteiger partial charge in [0.25, 0.3) is 0 Å². The number of hydrogen-bond donors (Lipinski definition) is 0. The standard InChI is InChI=1S/C27H32N4O5Si/c32-26(12-11-23-7-2-1-3-8-23)25-9-4-5-10-27(25)33-22-24-21-31(29-28-24)13-6-20-37-34-17-14-30(15-18-35-37)16-19-36-37/h1-5,7-12,21H,6,13-20,22H2/b12-11+. The molecule has 37 heavy (non-hydrogen) atoms. The first-order chi connectivity index (χ1) is 18.2. The van der Waals surface area contributed by atoms with E-state index in [0.717, 1.165) is 37.7 Å². The SMILES string of the molecule is O=C(/C=C/c1ccccc1)c1ccccc1OCc1cn(CCC[Si]23OCCN(CCO2)CCO3)nn1. The second kappa shape index (κ2) is 12.4. The third-order valence-electron chi connectivity index (χ3n) is 6.40. The van der Waals surface area contributed by atoms with Gasteiger partial charge < -0.3 is 18.0 Å². The molecule has 0 spiro atoms. The highest BCUT2D eigenvalue weighted by Crippen LogP contribution is 2.23. The van der Waals surface area contributed by atoms with E-state index in [1.807, 2.05) is 48.7 Å². The Labute approximate surface area is 218 Å². The Balaban J connectivity index is 1.13. The molecule has 3 aliphatic heterocycles. The van der Waals surface area contributed by atoms with Gasteiger partial charge in [-0.15, -0.1) is 5.10 Å². The van der Waals surface area contributed by atoms with Crippen molar-refractivity contribution in [1.82, 2.24) is 19.9 Å². The number of carbonyl (C=O) groups excluding carboxylic acids is 1. The van der Waals surface area contributed by atoms with Crippen LogP contribution in [-0.2, 0) is 26.4 Å². The second-order valence-electron chi connectivity index (χ2n) is 9.04. The maximum Gasteiger partial charge on any atom is 0.501 e. The average Bonchev–Trinajstić information content (AvgIpc) is 3.35. The Morgan fingerprint density at radius 1 is 0.973 bits per heavy atom. The summed E-state index contributed by atoms with van der Waals surface area (Å²) in [5.41, 5.74) is 2.17. The van der Waals surface area contributed by atoms with Crippen LogP contribution < -0.4 is 4.74 Å². The summed E-state index contributed by atoms with van der Waals surface area (Å²) in [4.78, 5) is 15.1. The highest BCUT2D eigenvalue weighted by atomic mass is 28.4. The van der Waals surface area contributed by atoms with Crippen LogP contribution in [0.15, 0.2) is 66.9 Å². The predicted molar refractivity (Wildman–Crippen MR) is 140 cm³/mol. The van der Waals surface area contributed by atoms with Crippen LogP contribution in [0.3, 0.4) is 0 Å². The molecule has 3 aromatic rings. The number of hydrogen-bond acceptors (Lipinski definition) is 8. The molecule has 0 atom stereocenters. The van der Waals surface area contributed by atoms with Gasteiger partial charge in [-0.2, -0.15) is 0 Å². The van der Waals surface area contributed by atoms with Crippen molar-refractivity contribution in [3.05, 3.63) is 83.7 Å². The summed E-state index contributed by atoms with van der Waals surface area (Å²) in [6.45, 7) is 5.68. The monoisotopic (exact) mass is 520 g/mol. The van der Waals surface area contributed by atoms with E-state index in [-0.39, 0.29) is 12.4 Å². The first kappa shape index (κ1) is 25.5. The molecule has 0 N–H and O–H groups in total. The van der Waals surface area contributed by atoms with Crippen LogP contribution in [0.2, 0.25) is 6.04 Å². The summed E-state index contributed by atoms with van der Waals surface area (Å²) >= 11 is 0. The van der Waals surface area contributed by atoms with Crippen LogP contribution >= 0.6 is 0 Å². The van der Waals surface area contributed by atoms with Gasteiger partial charge >= 0.3 is 8.80 Å². The molecule has 0 amide bonds. The van der Waals surface area contributed by atoms with Gasteiger partial charge in [-0.25, -0.2) is 0 Å². The molecule has 3 aliphatic rings. The van der Waals surface area contributed by atoms with Crippen LogP contribution in [-0.4, -0.2) is 73.9 Å². The second-order valence-corrected chi connectivity index (χ2v) is 11.8. The Kier molecular flexibility index (Phi) is 8.54. The third-order valence-corrected chi connectivity index (χ3v) is 9.30. The van der Waals surface area contributed by atoms with E-state index in [0.29, 0.717) is 43.4 Å². The molecule has 3 saturated heterocycles. The molecule has 4 heterocycles. The lowest BCUT2D eigenvalue weighted by atomic mass is 10.1. The Hall–Kier alpha value is -3.15. The molecule has 0 unspecified atom stereocenters. The maximum atomic E-state index is 12.8. The molecule has 1 aromatic heterocycles. The van der Waals surface area contributed by atoms with Crippen molar-refractivity contribution < 1.29 is 22.8 Å². The van der Waals surface area contributed by atoms with Crippen molar-refractivity contribution in [1.29, 1.82) is 0 Å². The van der Waals surface area contributed by atoms with Crippen LogP contribution in [0.1, 0.15) is 28.0 Å². The number of para-hydroxylation sites is 1. The van der Waals surface area contributed by atoms with Crippen molar-refractivity contribution in [2.75, 3.05) is 39.5 Å². The maximum absolute atomic E-state index is 12.8. The van der Waals surface area contributed by atoms with E-state index in [2.05, 4.69) is 15.2 Å². The van der Waals surface area contributed by atoms with Crippen molar-refractivity contribution in [2.45, 2.75) is 25.6 Å². The zero-order valence-corrected chi connectivity index (χ0v) is 21.8. The Morgan fingerprint density at radius 2 is 1.68 bits per heavy atom. The first-order valence-electron chi connectivity index (χ1n) is 12.7. The zero-order chi connectivity index (χ0) is 25.3. The van der Waals surface area contributed by atoms with E-state index in [1.165, 1.54) is 0 Å². The van der Waals surface area contributed by atoms with Gasteiger partial charge in [-0.3, -0.25) is 14.4 Å². The minimum atomic E-state index is -2.63. The van der Waals surface area contributed by atoms with Crippen LogP contribution in [0.4, 0.5) is 0 Å². The molecule has 3 fully saturated rings. The van der Waals surface area contributed by atoms with Gasteiger partial charge in [0.05, 0.1) is 31.6 Å². The molecule has 0 saturated carbocycles. The topological polar surface area (TPSA) is 87.9 Å². The third kappa shape index (κ3) is 6.99. The fourth-order valence-corrected chi connectivity index (χ4v) is 6.89. The number of rotatable bonds is 10. The largest absolute Gasteiger partial charge is 0.501 e. The number of carbonyl (C=O) groups is 1. The summed E-state index contributed by atoms with van der Waals surface area (Å²) < 4.78 is 26.1. The zero-order valence-electron chi connectivity index (χ0n) is 20.8. The summed E-state index contributed by atoms with van der Waals surface area (Å²) in [5, 5.41) is 8.47. The minimum Gasteiger partial charge on any atom is -0.486 e. The van der Waals surface area contributed by atoms with Gasteiger partial charge in [-0.1, -0.05) is 53.8 Å². The lowest BCUT2D eigenvalue weighted by Gasteiger charge is -2.38. The molecular weight excluding hydrogens is 488 g/mol. The van der Waals surface area contributed by atoms with Crippen molar-refractivity contribution in [3.63, 3.8) is 0 Å². The minimum absolute atomic E-state index is 0.116. The van der Waals surface area contributed by atoms with Crippen LogP contribution in [0.25, 0.3) is 6.08 Å². The molecular formula is C27H32N4O5Si. The molecule has 2 bridgehead atoms. The molecule has 6 rings (SSSR count). The van der Waals surface area contributed by atoms with Crippen molar-refractivity contribution in [2.24, 2.45) is 0 Å². The molecule has 9 nitrogen and oxygen atoms in total. The number of ketones is 1. The van der Waals surface area contributed by atoms with Gasteiger partial charge in [-0.05, 0) is 30.2 Å². The van der Waals surface area contributed by atoms with Gasteiger partial charge in [0.15, 0.2) is 5.78 Å². The normalized spacial score (nSPS) is 21.9. The average molecular weight is 521 g/mol. The number of ether oxygens (including phenoxy) is 1. The van der Waals surface area contributed by atoms with Gasteiger partial charge in [0.2, 0.25) is 0 Å². The number of benzene rings is 2. The van der Waals surface area contributed by atoms with Crippen LogP contribution in [0, 0.1) is 0 Å². The van der Waals surface area contributed by atoms with E-state index in [1.54, 1.807) is 29.0 Å². The van der Waals surface area contributed by atoms with E-state index < -0.39 is 8.80 Å². The van der Waals surface area contributed by atoms with Crippen molar-refractivity contribution in [3.8, 4) is 5.75 Å². The smallest absolute Gasteiger partial charge is 0.486 e. The summed E-state index contributed by atoms with van der Waals surface area (Å²) in [6, 6.07) is 17.7. The highest BCUT2D eigenvalue weighted by Gasteiger charge is 2.43. The van der Waals surface area contributed by atoms with Gasteiger partial charge in [0.1, 0.15) is 18.1 Å². The Morgan fingerprint density at radius 3 is 2.43 bits per heavy atom. The highest BCUT2D eigenvalue weighted by molar-refractivity contribution is 6.60. The lowest BCUT2D eigenvalue weighted by Crippen LogP contribution is -2.55. The van der Waals surface area contributed by atoms with E-state index in [4.69, 9.17) is 18.0 Å². The number of nitrogens with zero attached hydrogens (tertiary/aromatic N) is 4. The number of aryl methyl sites for hydroxylation is 1. The summed E-state index contributed by atoms with van der Waals surface area (Å²) in [7, 11) is -2.63. The van der Waals surface area contributed by atoms with Gasteiger partial charge in [0, 0.05) is 32.2 Å². The van der Waals surface area contributed by atoms with Crippen LogP contribution in [0.5, 0.6) is 5.75 Å². The predicted octanol–water partition coefficient (Wildman–Crippen LogP) is 3.46. The molecule has 0 aliphatic carbocycles. The summed E-state index contributed by atoms with van der Waals surface area (Å²) in [6.07, 6.45) is 6.06. The number of aromatic nitrogens is 3. The Bertz CT molecular complexity index is 1180. The van der Waals surface area contributed by atoms with E-state index >= 15 is 0 Å². The first-order valence-corrected chi connectivity index (χ1v) is 14.6. The van der Waals surface area contributed by atoms with E-state index in [9.17, 15) is 4.79 Å². The molecule has 2 aromatic carbocycles. The number of allylic oxidation sites excluding steroid dienone is 1. The fraction of sp³-hybridized carbons (Fsp3) is 0.370. The van der Waals surface area contributed by atoms with Crippen molar-refractivity contribution >= 4 is 20.7 Å². The molecule has 0 radical (unpaired) electrons. The molecule has 194 valence electrons. The quantitative estimate of drug-likeness (QED) is 0.228. The number of fused-ring (bicyclic) bond motifs is 6. The fourth-order valence-electron chi connectivity index (χ4n) is 4.41. The molecule has 10 heteroatoms. The lowest BCUT2D eigenvalue weighted by molar-refractivity contribution is -0.00869. The summed E-state index contributed by atoms with van der Waals surface area (Å²) in [5.74, 6) is 0.401.